The van der Waals surface area contributed by atoms with Gasteiger partial charge in [-0.1, -0.05) is 11.6 Å². The Labute approximate surface area is 111 Å². The lowest BCUT2D eigenvalue weighted by atomic mass is 10.3. The van der Waals surface area contributed by atoms with Crippen LogP contribution in [0.2, 0.25) is 10.4 Å². The maximum absolute atomic E-state index is 11.8. The number of hydrogen-bond acceptors (Lipinski definition) is 4. The molecule has 0 N–H and O–H groups in total. The van der Waals surface area contributed by atoms with E-state index in [1.165, 1.54) is 0 Å². The minimum atomic E-state index is -1.88. The van der Waals surface area contributed by atoms with Crippen molar-refractivity contribution in [2.45, 2.75) is 6.54 Å². The molecule has 0 radical (unpaired) electrons. The van der Waals surface area contributed by atoms with E-state index in [2.05, 4.69) is 14.9 Å². The Kier molecular flexibility index (Phi) is 4.09. The van der Waals surface area contributed by atoms with Gasteiger partial charge in [0.1, 0.15) is 5.15 Å². The second-order valence-corrected chi connectivity index (χ2v) is 8.66. The zero-order chi connectivity index (χ0) is 12.5. The number of rotatable bonds is 2. The van der Waals surface area contributed by atoms with E-state index < -0.39 is 7.14 Å². The van der Waals surface area contributed by atoms with Crippen LogP contribution in [0.15, 0.2) is 6.20 Å². The predicted molar refractivity (Wildman–Crippen MR) is 70.6 cm³/mol. The van der Waals surface area contributed by atoms with Crippen LogP contribution in [-0.2, 0) is 11.1 Å². The molecule has 1 aliphatic heterocycles. The van der Waals surface area contributed by atoms with E-state index in [0.29, 0.717) is 11.7 Å². The molecule has 0 unspecified atom stereocenters. The Bertz CT molecular complexity index is 457. The molecule has 1 aliphatic rings. The molecule has 1 aromatic rings. The molecule has 0 bridgehead atoms. The Morgan fingerprint density at radius 2 is 2.06 bits per heavy atom. The molecule has 0 aliphatic carbocycles. The number of nitrogens with zero attached hydrogens (tertiary/aromatic N) is 3. The van der Waals surface area contributed by atoms with Crippen LogP contribution < -0.4 is 0 Å². The summed E-state index contributed by atoms with van der Waals surface area (Å²) in [6.45, 7) is 4.25. The molecular formula is C10H14Cl2N3OP. The van der Waals surface area contributed by atoms with Gasteiger partial charge in [-0.15, -0.1) is 0 Å². The fourth-order valence-corrected chi connectivity index (χ4v) is 3.80. The standard InChI is InChI=1S/C10H14Cl2N3OP/c1-17(16)4-2-15(3-5-17)7-8-6-13-10(12)14-9(8)11/h6H,2-5,7H2,1H3. The number of aromatic nitrogens is 2. The van der Waals surface area contributed by atoms with Crippen LogP contribution >= 0.6 is 30.3 Å². The van der Waals surface area contributed by atoms with Crippen LogP contribution in [0.25, 0.3) is 0 Å². The summed E-state index contributed by atoms with van der Waals surface area (Å²) in [5, 5.41) is 0.561. The van der Waals surface area contributed by atoms with Gasteiger partial charge in [0, 0.05) is 43.7 Å². The first-order chi connectivity index (χ1) is 7.96. The van der Waals surface area contributed by atoms with Crippen molar-refractivity contribution in [3.63, 3.8) is 0 Å². The average Bonchev–Trinajstić information content (AvgIpc) is 2.25. The molecule has 17 heavy (non-hydrogen) atoms. The molecule has 0 amide bonds. The van der Waals surface area contributed by atoms with Crippen LogP contribution in [-0.4, -0.2) is 46.9 Å². The van der Waals surface area contributed by atoms with Gasteiger partial charge in [-0.2, -0.15) is 0 Å². The minimum Gasteiger partial charge on any atom is -0.324 e. The molecule has 0 aromatic carbocycles. The van der Waals surface area contributed by atoms with E-state index in [1.807, 2.05) is 6.66 Å². The van der Waals surface area contributed by atoms with E-state index in [0.717, 1.165) is 31.0 Å². The summed E-state index contributed by atoms with van der Waals surface area (Å²) in [7, 11) is -1.88. The third-order valence-corrected chi connectivity index (χ3v) is 5.76. The molecule has 94 valence electrons. The van der Waals surface area contributed by atoms with Gasteiger partial charge in [-0.25, -0.2) is 9.97 Å². The second-order valence-electron chi connectivity index (χ2n) is 4.48. The average molecular weight is 294 g/mol. The highest BCUT2D eigenvalue weighted by Crippen LogP contribution is 2.43. The first-order valence-electron chi connectivity index (χ1n) is 5.41. The van der Waals surface area contributed by atoms with Gasteiger partial charge < -0.3 is 4.57 Å². The van der Waals surface area contributed by atoms with Crippen molar-refractivity contribution in [3.8, 4) is 0 Å². The quantitative estimate of drug-likeness (QED) is 0.478. The topological polar surface area (TPSA) is 46.1 Å². The van der Waals surface area contributed by atoms with Crippen LogP contribution in [0.5, 0.6) is 0 Å². The third-order valence-electron chi connectivity index (χ3n) is 2.95. The Balaban J connectivity index is 2.00. The summed E-state index contributed by atoms with van der Waals surface area (Å²) in [5.74, 6) is 0. The van der Waals surface area contributed by atoms with E-state index in [-0.39, 0.29) is 5.28 Å². The first kappa shape index (κ1) is 13.3. The van der Waals surface area contributed by atoms with Crippen LogP contribution in [0.3, 0.4) is 0 Å². The predicted octanol–water partition coefficient (Wildman–Crippen LogP) is 2.59. The molecule has 7 heteroatoms. The highest BCUT2D eigenvalue weighted by atomic mass is 35.5. The third kappa shape index (κ3) is 3.65. The van der Waals surface area contributed by atoms with Gasteiger partial charge in [0.2, 0.25) is 5.28 Å². The van der Waals surface area contributed by atoms with Crippen molar-refractivity contribution in [1.82, 2.24) is 14.9 Å². The summed E-state index contributed by atoms with van der Waals surface area (Å²) < 4.78 is 11.8. The molecule has 1 fully saturated rings. The first-order valence-corrected chi connectivity index (χ1v) is 8.69. The van der Waals surface area contributed by atoms with Crippen molar-refractivity contribution in [1.29, 1.82) is 0 Å². The second kappa shape index (κ2) is 5.23. The lowest BCUT2D eigenvalue weighted by molar-refractivity contribution is 0.287. The normalized spacial score (nSPS) is 20.4. The molecule has 0 saturated carbocycles. The molecule has 0 atom stereocenters. The summed E-state index contributed by atoms with van der Waals surface area (Å²) >= 11 is 11.6. The SMILES string of the molecule is CP1(=O)CCN(Cc2cnc(Cl)nc2Cl)CC1. The summed E-state index contributed by atoms with van der Waals surface area (Å²) in [4.78, 5) is 10.0. The van der Waals surface area contributed by atoms with Crippen LogP contribution in [0.4, 0.5) is 0 Å². The highest BCUT2D eigenvalue weighted by molar-refractivity contribution is 7.63. The van der Waals surface area contributed by atoms with Gasteiger partial charge >= 0.3 is 0 Å². The molecule has 0 spiro atoms. The monoisotopic (exact) mass is 293 g/mol. The fraction of sp³-hybridized carbons (Fsp3) is 0.600. The number of halogens is 2. The van der Waals surface area contributed by atoms with Crippen molar-refractivity contribution in [2.75, 3.05) is 32.1 Å². The summed E-state index contributed by atoms with van der Waals surface area (Å²) in [6, 6.07) is 0. The summed E-state index contributed by atoms with van der Waals surface area (Å²) in [5.41, 5.74) is 0.865. The van der Waals surface area contributed by atoms with Crippen LogP contribution in [0, 0.1) is 0 Å². The molecule has 2 rings (SSSR count). The van der Waals surface area contributed by atoms with E-state index in [1.54, 1.807) is 6.20 Å². The molecular weight excluding hydrogens is 280 g/mol. The lowest BCUT2D eigenvalue weighted by Gasteiger charge is -2.30. The minimum absolute atomic E-state index is 0.162. The zero-order valence-electron chi connectivity index (χ0n) is 9.57. The van der Waals surface area contributed by atoms with Gasteiger partial charge in [-0.05, 0) is 18.3 Å². The summed E-state index contributed by atoms with van der Waals surface area (Å²) in [6.07, 6.45) is 3.20. The Morgan fingerprint density at radius 1 is 1.41 bits per heavy atom. The fourth-order valence-electron chi connectivity index (χ4n) is 1.80. The number of hydrogen-bond donors (Lipinski definition) is 0. The maximum Gasteiger partial charge on any atom is 0.223 e. The van der Waals surface area contributed by atoms with E-state index in [9.17, 15) is 4.57 Å². The smallest absolute Gasteiger partial charge is 0.223 e. The zero-order valence-corrected chi connectivity index (χ0v) is 12.0. The van der Waals surface area contributed by atoms with Gasteiger partial charge in [0.15, 0.2) is 0 Å². The van der Waals surface area contributed by atoms with Gasteiger partial charge in [0.25, 0.3) is 0 Å². The van der Waals surface area contributed by atoms with Gasteiger partial charge in [0.05, 0.1) is 7.14 Å². The van der Waals surface area contributed by atoms with Crippen molar-refractivity contribution >= 4 is 30.3 Å². The molecule has 1 aromatic heterocycles. The molecule has 4 nitrogen and oxygen atoms in total. The largest absolute Gasteiger partial charge is 0.324 e. The van der Waals surface area contributed by atoms with Crippen molar-refractivity contribution in [3.05, 3.63) is 22.2 Å². The van der Waals surface area contributed by atoms with E-state index >= 15 is 0 Å². The Hall–Kier alpha value is -0.150. The Morgan fingerprint density at radius 3 is 2.65 bits per heavy atom. The van der Waals surface area contributed by atoms with Crippen molar-refractivity contribution < 1.29 is 4.57 Å². The van der Waals surface area contributed by atoms with Gasteiger partial charge in [-0.3, -0.25) is 4.90 Å². The van der Waals surface area contributed by atoms with Crippen LogP contribution in [0.1, 0.15) is 5.56 Å². The van der Waals surface area contributed by atoms with E-state index in [4.69, 9.17) is 23.2 Å². The maximum atomic E-state index is 11.8. The lowest BCUT2D eigenvalue weighted by Crippen LogP contribution is -2.34. The van der Waals surface area contributed by atoms with Crippen molar-refractivity contribution in [2.24, 2.45) is 0 Å². The highest BCUT2D eigenvalue weighted by Gasteiger charge is 2.24. The molecule has 2 heterocycles. The molecule has 1 saturated heterocycles.